The molecule has 0 saturated carbocycles. The number of rotatable bonds is 6. The van der Waals surface area contributed by atoms with Gasteiger partial charge in [-0.1, -0.05) is 41.1 Å². The molecule has 1 heterocycles. The lowest BCUT2D eigenvalue weighted by molar-refractivity contribution is -0.120. The number of nitrogens with one attached hydrogen (secondary N) is 2. The summed E-state index contributed by atoms with van der Waals surface area (Å²) in [5.74, 6) is -0.697. The van der Waals surface area contributed by atoms with E-state index in [0.29, 0.717) is 10.2 Å². The maximum Gasteiger partial charge on any atom is 0.239 e. The first-order chi connectivity index (χ1) is 12.4. The third-order valence-corrected chi connectivity index (χ3v) is 6.83. The Hall–Kier alpha value is -2.16. The molecule has 0 atom stereocenters. The molecule has 2 N–H and O–H groups in total. The van der Waals surface area contributed by atoms with Gasteiger partial charge in [0.1, 0.15) is 0 Å². The van der Waals surface area contributed by atoms with Crippen LogP contribution in [0.25, 0.3) is 10.2 Å². The molecule has 1 amide bonds. The molecular weight excluding hydrogens is 394 g/mol. The van der Waals surface area contributed by atoms with Gasteiger partial charge in [-0.3, -0.25) is 15.6 Å². The molecule has 0 bridgehead atoms. The number of carbonyl (C=O) groups is 1. The lowest BCUT2D eigenvalue weighted by Gasteiger charge is -2.06. The SMILES string of the molecule is Cc1c(Cl)ccc2sc(NNC(=O)CCS(=O)(=O)c3ccccc3)nc12. The van der Waals surface area contributed by atoms with Gasteiger partial charge in [-0.2, -0.15) is 0 Å². The van der Waals surface area contributed by atoms with E-state index in [9.17, 15) is 13.2 Å². The number of hydrogen-bond acceptors (Lipinski definition) is 6. The maximum absolute atomic E-state index is 12.2. The van der Waals surface area contributed by atoms with E-state index >= 15 is 0 Å². The Morgan fingerprint density at radius 2 is 1.92 bits per heavy atom. The van der Waals surface area contributed by atoms with Crippen LogP contribution in [0.4, 0.5) is 5.13 Å². The molecule has 0 aliphatic heterocycles. The highest BCUT2D eigenvalue weighted by Crippen LogP contribution is 2.31. The number of halogens is 1. The molecule has 3 rings (SSSR count). The standard InChI is InChI=1S/C17H16ClN3O3S2/c1-11-13(18)7-8-14-16(11)19-17(25-14)21-20-15(22)9-10-26(23,24)12-5-3-2-4-6-12/h2-8H,9-10H2,1H3,(H,19,21)(H,20,22). The third kappa shape index (κ3) is 4.14. The number of anilines is 1. The van der Waals surface area contributed by atoms with Crippen molar-refractivity contribution in [2.75, 3.05) is 11.2 Å². The molecule has 0 aliphatic rings. The minimum Gasteiger partial charge on any atom is -0.273 e. The zero-order valence-electron chi connectivity index (χ0n) is 13.8. The summed E-state index contributed by atoms with van der Waals surface area (Å²) in [5.41, 5.74) is 6.84. The number of aromatic nitrogens is 1. The highest BCUT2D eigenvalue weighted by Gasteiger charge is 2.16. The van der Waals surface area contributed by atoms with Crippen LogP contribution in [-0.2, 0) is 14.6 Å². The Morgan fingerprint density at radius 3 is 2.65 bits per heavy atom. The van der Waals surface area contributed by atoms with Gasteiger partial charge in [0.15, 0.2) is 9.84 Å². The Kier molecular flexibility index (Phi) is 5.45. The summed E-state index contributed by atoms with van der Waals surface area (Å²) in [6.07, 6.45) is -0.153. The van der Waals surface area contributed by atoms with Gasteiger partial charge in [0.05, 0.1) is 20.9 Å². The van der Waals surface area contributed by atoms with Crippen LogP contribution in [0.5, 0.6) is 0 Å². The molecule has 0 unspecified atom stereocenters. The molecule has 0 saturated heterocycles. The first-order valence-corrected chi connectivity index (χ1v) is 10.6. The minimum absolute atomic E-state index is 0.153. The van der Waals surface area contributed by atoms with Gasteiger partial charge in [0.2, 0.25) is 11.0 Å². The average Bonchev–Trinajstić information content (AvgIpc) is 3.06. The first kappa shape index (κ1) is 18.6. The molecule has 2 aromatic carbocycles. The normalized spacial score (nSPS) is 11.5. The van der Waals surface area contributed by atoms with Crippen LogP contribution in [0, 0.1) is 6.92 Å². The number of nitrogens with zero attached hydrogens (tertiary/aromatic N) is 1. The molecule has 3 aromatic rings. The number of hydrogen-bond donors (Lipinski definition) is 2. The second-order valence-corrected chi connectivity index (χ2v) is 9.14. The van der Waals surface area contributed by atoms with Gasteiger partial charge in [-0.05, 0) is 36.8 Å². The number of thiazole rings is 1. The number of benzene rings is 2. The summed E-state index contributed by atoms with van der Waals surface area (Å²) in [5, 5.41) is 1.13. The van der Waals surface area contributed by atoms with E-state index in [-0.39, 0.29) is 17.1 Å². The summed E-state index contributed by atoms with van der Waals surface area (Å²) in [6, 6.07) is 11.7. The lowest BCUT2D eigenvalue weighted by Crippen LogP contribution is -2.30. The predicted octanol–water partition coefficient (Wildman–Crippen LogP) is 3.57. The van der Waals surface area contributed by atoms with Crippen LogP contribution in [0.3, 0.4) is 0 Å². The largest absolute Gasteiger partial charge is 0.273 e. The van der Waals surface area contributed by atoms with Crippen molar-refractivity contribution >= 4 is 54.0 Å². The smallest absolute Gasteiger partial charge is 0.239 e. The number of sulfone groups is 1. The number of hydrazine groups is 1. The van der Waals surface area contributed by atoms with Crippen LogP contribution in [0.1, 0.15) is 12.0 Å². The Morgan fingerprint density at radius 1 is 1.19 bits per heavy atom. The van der Waals surface area contributed by atoms with E-state index in [1.54, 1.807) is 24.3 Å². The first-order valence-electron chi connectivity index (χ1n) is 7.75. The van der Waals surface area contributed by atoms with Crippen molar-refractivity contribution < 1.29 is 13.2 Å². The fourth-order valence-electron chi connectivity index (χ4n) is 2.31. The second-order valence-electron chi connectivity index (χ2n) is 5.59. The summed E-state index contributed by atoms with van der Waals surface area (Å²) in [6.45, 7) is 1.88. The molecule has 0 radical (unpaired) electrons. The topological polar surface area (TPSA) is 88.2 Å². The molecule has 6 nitrogen and oxygen atoms in total. The van der Waals surface area contributed by atoms with Crippen molar-refractivity contribution in [3.8, 4) is 0 Å². The Balaban J connectivity index is 1.59. The van der Waals surface area contributed by atoms with E-state index in [4.69, 9.17) is 11.6 Å². The monoisotopic (exact) mass is 409 g/mol. The van der Waals surface area contributed by atoms with Gasteiger partial charge >= 0.3 is 0 Å². The number of fused-ring (bicyclic) bond motifs is 1. The van der Waals surface area contributed by atoms with Crippen LogP contribution < -0.4 is 10.9 Å². The fourth-order valence-corrected chi connectivity index (χ4v) is 4.61. The molecule has 0 fully saturated rings. The maximum atomic E-state index is 12.2. The van der Waals surface area contributed by atoms with Crippen LogP contribution in [0.15, 0.2) is 47.4 Å². The quantitative estimate of drug-likeness (QED) is 0.607. The van der Waals surface area contributed by atoms with Crippen molar-refractivity contribution in [2.45, 2.75) is 18.2 Å². The van der Waals surface area contributed by atoms with E-state index in [2.05, 4.69) is 15.8 Å². The highest BCUT2D eigenvalue weighted by atomic mass is 35.5. The summed E-state index contributed by atoms with van der Waals surface area (Å²) >= 11 is 7.45. The third-order valence-electron chi connectivity index (χ3n) is 3.76. The van der Waals surface area contributed by atoms with Crippen molar-refractivity contribution in [2.24, 2.45) is 0 Å². The zero-order chi connectivity index (χ0) is 18.7. The number of aryl methyl sites for hydroxylation is 1. The lowest BCUT2D eigenvalue weighted by atomic mass is 10.2. The van der Waals surface area contributed by atoms with Crippen LogP contribution >= 0.6 is 22.9 Å². The predicted molar refractivity (Wildman–Crippen MR) is 104 cm³/mol. The highest BCUT2D eigenvalue weighted by molar-refractivity contribution is 7.91. The molecular formula is C17H16ClN3O3S2. The van der Waals surface area contributed by atoms with Crippen LogP contribution in [0.2, 0.25) is 5.02 Å². The molecule has 0 aliphatic carbocycles. The number of carbonyl (C=O) groups excluding carboxylic acids is 1. The van der Waals surface area contributed by atoms with Crippen LogP contribution in [-0.4, -0.2) is 25.1 Å². The van der Waals surface area contributed by atoms with E-state index in [1.165, 1.54) is 23.5 Å². The van der Waals surface area contributed by atoms with Crippen molar-refractivity contribution in [3.63, 3.8) is 0 Å². The minimum atomic E-state index is -3.49. The van der Waals surface area contributed by atoms with Gasteiger partial charge in [0, 0.05) is 11.4 Å². The molecule has 1 aromatic heterocycles. The molecule has 136 valence electrons. The molecule has 9 heteroatoms. The van der Waals surface area contributed by atoms with Crippen molar-refractivity contribution in [3.05, 3.63) is 53.1 Å². The van der Waals surface area contributed by atoms with E-state index in [1.807, 2.05) is 13.0 Å². The Bertz CT molecular complexity index is 1050. The van der Waals surface area contributed by atoms with Crippen molar-refractivity contribution in [1.29, 1.82) is 0 Å². The van der Waals surface area contributed by atoms with E-state index in [0.717, 1.165) is 15.8 Å². The summed E-state index contributed by atoms with van der Waals surface area (Å²) in [7, 11) is -3.49. The zero-order valence-corrected chi connectivity index (χ0v) is 16.2. The Labute approximate surface area is 160 Å². The number of amides is 1. The fraction of sp³-hybridized carbons (Fsp3) is 0.176. The van der Waals surface area contributed by atoms with Crippen molar-refractivity contribution in [1.82, 2.24) is 10.4 Å². The van der Waals surface area contributed by atoms with Gasteiger partial charge < -0.3 is 0 Å². The summed E-state index contributed by atoms with van der Waals surface area (Å²) < 4.78 is 25.3. The molecule has 26 heavy (non-hydrogen) atoms. The van der Waals surface area contributed by atoms with E-state index < -0.39 is 15.7 Å². The second kappa shape index (κ2) is 7.61. The molecule has 0 spiro atoms. The van der Waals surface area contributed by atoms with Gasteiger partial charge in [0.25, 0.3) is 0 Å². The van der Waals surface area contributed by atoms with Gasteiger partial charge in [-0.25, -0.2) is 13.4 Å². The van der Waals surface area contributed by atoms with Gasteiger partial charge in [-0.15, -0.1) is 0 Å². The average molecular weight is 410 g/mol. The summed E-state index contributed by atoms with van der Waals surface area (Å²) in [4.78, 5) is 16.5.